The number of benzene rings is 2. The van der Waals surface area contributed by atoms with Gasteiger partial charge in [-0.05, 0) is 35.6 Å². The van der Waals surface area contributed by atoms with Gasteiger partial charge in [0.1, 0.15) is 29.7 Å². The maximum atomic E-state index is 13.0. The first-order valence-corrected chi connectivity index (χ1v) is 12.8. The Morgan fingerprint density at radius 3 is 2.66 bits per heavy atom. The van der Waals surface area contributed by atoms with Crippen LogP contribution < -0.4 is 15.4 Å². The molecular formula is C29H30N4O5. The molecule has 3 atom stereocenters. The van der Waals surface area contributed by atoms with Gasteiger partial charge in [-0.3, -0.25) is 4.79 Å². The van der Waals surface area contributed by atoms with Gasteiger partial charge in [0.25, 0.3) is 0 Å². The number of oxazole rings is 2. The Morgan fingerprint density at radius 2 is 1.92 bits per heavy atom. The van der Waals surface area contributed by atoms with Crippen LogP contribution in [0.4, 0.5) is 5.69 Å². The second-order valence-corrected chi connectivity index (χ2v) is 10.8. The third-order valence-electron chi connectivity index (χ3n) is 6.98. The van der Waals surface area contributed by atoms with Crippen LogP contribution in [0.15, 0.2) is 63.6 Å². The Balaban J connectivity index is 1.56. The van der Waals surface area contributed by atoms with Crippen molar-refractivity contribution in [3.8, 4) is 17.3 Å². The third-order valence-corrected chi connectivity index (χ3v) is 6.98. The standard InChI is InChI=1S/C29H30N4O5/c1-29(2,3)25-28-33-23(27-31-18(14-34)15-36-27)24(38-28)22-19-13-16(10-12-21(35)32-25)9-11-20(19)37-26(22)30-17-7-5-4-6-8-17/h4-9,11,13,15,22,25-26,30,34H,10,12,14H2,1-3H3,(H,32,35)/t22?,25?,26-/m1/s1. The number of hydrogen-bond donors (Lipinski definition) is 3. The maximum Gasteiger partial charge on any atom is 0.249 e. The largest absolute Gasteiger partial charge is 0.469 e. The van der Waals surface area contributed by atoms with Gasteiger partial charge in [-0.1, -0.05) is 51.1 Å². The van der Waals surface area contributed by atoms with Gasteiger partial charge in [-0.25, -0.2) is 9.97 Å². The molecule has 9 nitrogen and oxygen atoms in total. The molecule has 1 amide bonds. The number of aryl methyl sites for hydroxylation is 1. The van der Waals surface area contributed by atoms with E-state index in [0.717, 1.165) is 22.6 Å². The summed E-state index contributed by atoms with van der Waals surface area (Å²) in [5.41, 5.74) is 3.27. The molecule has 196 valence electrons. The minimum atomic E-state index is -0.500. The molecule has 2 unspecified atom stereocenters. The van der Waals surface area contributed by atoms with Crippen molar-refractivity contribution in [2.75, 3.05) is 5.32 Å². The molecule has 4 aromatic rings. The quantitative estimate of drug-likeness (QED) is 0.350. The summed E-state index contributed by atoms with van der Waals surface area (Å²) in [5, 5.41) is 16.2. The number of nitrogens with one attached hydrogen (secondary N) is 2. The van der Waals surface area contributed by atoms with Crippen LogP contribution in [0.3, 0.4) is 0 Å². The number of anilines is 1. The van der Waals surface area contributed by atoms with Crippen LogP contribution in [0, 0.1) is 5.41 Å². The van der Waals surface area contributed by atoms with Crippen molar-refractivity contribution < 1.29 is 23.5 Å². The minimum absolute atomic E-state index is 0.0811. The van der Waals surface area contributed by atoms with Crippen molar-refractivity contribution in [1.29, 1.82) is 0 Å². The lowest BCUT2D eigenvalue weighted by Gasteiger charge is -2.29. The molecule has 0 radical (unpaired) electrons. The van der Waals surface area contributed by atoms with Crippen molar-refractivity contribution in [2.24, 2.45) is 5.41 Å². The predicted octanol–water partition coefficient (Wildman–Crippen LogP) is 4.93. The van der Waals surface area contributed by atoms with Gasteiger partial charge in [-0.15, -0.1) is 0 Å². The number of aliphatic hydroxyl groups excluding tert-OH is 1. The molecule has 2 aromatic carbocycles. The number of nitrogens with zero attached hydrogens (tertiary/aromatic N) is 2. The van der Waals surface area contributed by atoms with Gasteiger partial charge in [-0.2, -0.15) is 0 Å². The van der Waals surface area contributed by atoms with Crippen LogP contribution in [0.1, 0.15) is 67.6 Å². The Bertz CT molecular complexity index is 1470. The number of amides is 1. The minimum Gasteiger partial charge on any atom is -0.469 e. The van der Waals surface area contributed by atoms with E-state index < -0.39 is 12.3 Å². The molecule has 2 aromatic heterocycles. The lowest BCUT2D eigenvalue weighted by atomic mass is 9.86. The molecule has 0 saturated heterocycles. The first-order chi connectivity index (χ1) is 18.3. The second-order valence-electron chi connectivity index (χ2n) is 10.8. The fourth-order valence-electron chi connectivity index (χ4n) is 5.03. The summed E-state index contributed by atoms with van der Waals surface area (Å²) >= 11 is 0. The normalized spacial score (nSPS) is 20.7. The second kappa shape index (κ2) is 9.33. The van der Waals surface area contributed by atoms with Crippen molar-refractivity contribution >= 4 is 11.6 Å². The Morgan fingerprint density at radius 1 is 1.11 bits per heavy atom. The average molecular weight is 515 g/mol. The summed E-state index contributed by atoms with van der Waals surface area (Å²) in [6.45, 7) is 5.82. The molecule has 2 aliphatic rings. The van der Waals surface area contributed by atoms with Crippen molar-refractivity contribution in [3.63, 3.8) is 0 Å². The molecule has 0 saturated carbocycles. The molecule has 3 N–H and O–H groups in total. The highest BCUT2D eigenvalue weighted by Crippen LogP contribution is 2.47. The van der Waals surface area contributed by atoms with E-state index in [9.17, 15) is 9.90 Å². The zero-order valence-corrected chi connectivity index (χ0v) is 21.5. The van der Waals surface area contributed by atoms with Crippen molar-refractivity contribution in [2.45, 2.75) is 58.4 Å². The number of rotatable bonds is 4. The summed E-state index contributed by atoms with van der Waals surface area (Å²) in [6, 6.07) is 15.4. The molecule has 0 spiro atoms. The monoisotopic (exact) mass is 514 g/mol. The Labute approximate surface area is 220 Å². The summed E-state index contributed by atoms with van der Waals surface area (Å²) in [6.07, 6.45) is 1.84. The molecule has 6 rings (SSSR count). The van der Waals surface area contributed by atoms with Crippen LogP contribution in [-0.4, -0.2) is 27.2 Å². The highest BCUT2D eigenvalue weighted by molar-refractivity contribution is 5.77. The van der Waals surface area contributed by atoms with Gasteiger partial charge in [0.2, 0.25) is 17.7 Å². The number of carbonyl (C=O) groups excluding carboxylic acids is 1. The summed E-state index contributed by atoms with van der Waals surface area (Å²) in [4.78, 5) is 22.3. The molecule has 9 heteroatoms. The number of carbonyl (C=O) groups is 1. The van der Waals surface area contributed by atoms with Crippen LogP contribution in [0.5, 0.6) is 5.75 Å². The van der Waals surface area contributed by atoms with E-state index in [2.05, 4.69) is 21.7 Å². The zero-order chi connectivity index (χ0) is 26.4. The summed E-state index contributed by atoms with van der Waals surface area (Å²) < 4.78 is 18.7. The van der Waals surface area contributed by atoms with Gasteiger partial charge in [0.15, 0.2) is 17.7 Å². The number of para-hydroxylation sites is 1. The van der Waals surface area contributed by atoms with E-state index in [-0.39, 0.29) is 29.7 Å². The van der Waals surface area contributed by atoms with E-state index in [0.29, 0.717) is 35.9 Å². The first-order valence-electron chi connectivity index (χ1n) is 12.8. The zero-order valence-electron chi connectivity index (χ0n) is 21.5. The van der Waals surface area contributed by atoms with Gasteiger partial charge < -0.3 is 29.3 Å². The third kappa shape index (κ3) is 4.43. The summed E-state index contributed by atoms with van der Waals surface area (Å²) in [5.74, 6) is 1.37. The van der Waals surface area contributed by atoms with E-state index in [1.54, 1.807) is 0 Å². The highest BCUT2D eigenvalue weighted by atomic mass is 16.5. The highest BCUT2D eigenvalue weighted by Gasteiger charge is 2.43. The lowest BCUT2D eigenvalue weighted by molar-refractivity contribution is -0.122. The fourth-order valence-corrected chi connectivity index (χ4v) is 5.03. The predicted molar refractivity (Wildman–Crippen MR) is 139 cm³/mol. The summed E-state index contributed by atoms with van der Waals surface area (Å²) in [7, 11) is 0. The molecule has 4 heterocycles. The van der Waals surface area contributed by atoms with Gasteiger partial charge >= 0.3 is 0 Å². The topological polar surface area (TPSA) is 123 Å². The SMILES string of the molecule is CC(C)(C)C1NC(=O)CCc2ccc3c(c2)C(c2oc1nc2-c1nc(CO)co1)[C@H](Nc1ccccc1)O3. The molecule has 4 bridgehead atoms. The number of fused-ring (bicyclic) bond motifs is 4. The molecule has 38 heavy (non-hydrogen) atoms. The van der Waals surface area contributed by atoms with Crippen LogP contribution >= 0.6 is 0 Å². The van der Waals surface area contributed by atoms with Crippen LogP contribution in [0.25, 0.3) is 11.6 Å². The van der Waals surface area contributed by atoms with Crippen molar-refractivity contribution in [1.82, 2.24) is 15.3 Å². The number of aromatic nitrogens is 2. The van der Waals surface area contributed by atoms with Crippen LogP contribution in [-0.2, 0) is 17.8 Å². The molecule has 0 fully saturated rings. The van der Waals surface area contributed by atoms with E-state index in [1.165, 1.54) is 6.26 Å². The Hall–Kier alpha value is -4.11. The molecule has 2 aliphatic heterocycles. The smallest absolute Gasteiger partial charge is 0.249 e. The van der Waals surface area contributed by atoms with E-state index in [4.69, 9.17) is 18.6 Å². The van der Waals surface area contributed by atoms with Gasteiger partial charge in [0, 0.05) is 17.7 Å². The molecule has 0 aliphatic carbocycles. The van der Waals surface area contributed by atoms with Crippen LogP contribution in [0.2, 0.25) is 0 Å². The molecular weight excluding hydrogens is 484 g/mol. The average Bonchev–Trinajstić information content (AvgIpc) is 3.61. The first kappa shape index (κ1) is 24.2. The number of ether oxygens (including phenoxy) is 1. The van der Waals surface area contributed by atoms with Gasteiger partial charge in [0.05, 0.1) is 6.61 Å². The van der Waals surface area contributed by atoms with E-state index >= 15 is 0 Å². The van der Waals surface area contributed by atoms with Crippen molar-refractivity contribution in [3.05, 3.63) is 83.3 Å². The van der Waals surface area contributed by atoms with E-state index in [1.807, 2.05) is 63.2 Å². The maximum absolute atomic E-state index is 13.0. The Kier molecular flexibility index (Phi) is 5.95. The fraction of sp³-hybridized carbons (Fsp3) is 0.345. The number of hydrogen-bond acceptors (Lipinski definition) is 8. The lowest BCUT2D eigenvalue weighted by Crippen LogP contribution is -2.37. The number of aliphatic hydroxyl groups is 1.